The summed E-state index contributed by atoms with van der Waals surface area (Å²) in [6.07, 6.45) is 0. The van der Waals surface area contributed by atoms with Gasteiger partial charge in [-0.25, -0.2) is 0 Å². The van der Waals surface area contributed by atoms with E-state index in [9.17, 15) is 4.57 Å². The zero-order chi connectivity index (χ0) is 17.0. The molecule has 0 aliphatic heterocycles. The lowest BCUT2D eigenvalue weighted by atomic mass is 10.2. The molecule has 0 radical (unpaired) electrons. The van der Waals surface area contributed by atoms with Crippen LogP contribution in [0.25, 0.3) is 0 Å². The van der Waals surface area contributed by atoms with Crippen LogP contribution < -0.4 is 14.9 Å². The van der Waals surface area contributed by atoms with Crippen LogP contribution in [0.3, 0.4) is 0 Å². The molecule has 0 saturated carbocycles. The summed E-state index contributed by atoms with van der Waals surface area (Å²) < 4.78 is 18.7. The fraction of sp³-hybridized carbons (Fsp3) is 0.368. The Morgan fingerprint density at radius 1 is 1.04 bits per heavy atom. The van der Waals surface area contributed by atoms with Crippen LogP contribution >= 0.6 is 7.80 Å². The minimum absolute atomic E-state index is 0.288. The summed E-state index contributed by atoms with van der Waals surface area (Å²) in [5, 5.41) is 0.544. The Morgan fingerprint density at radius 2 is 1.70 bits per heavy atom. The van der Waals surface area contributed by atoms with Crippen LogP contribution in [-0.2, 0) is 4.57 Å². The van der Waals surface area contributed by atoms with Crippen molar-refractivity contribution in [2.75, 3.05) is 18.6 Å². The van der Waals surface area contributed by atoms with Gasteiger partial charge in [0.15, 0.2) is 0 Å². The van der Waals surface area contributed by atoms with Crippen LogP contribution in [0.5, 0.6) is 5.75 Å². The average Bonchev–Trinajstić information content (AvgIpc) is 2.54. The molecule has 1 atom stereocenters. The van der Waals surface area contributed by atoms with E-state index >= 15 is 0 Å². The van der Waals surface area contributed by atoms with Crippen molar-refractivity contribution < 1.29 is 9.30 Å². The maximum Gasteiger partial charge on any atom is 0.131 e. The number of benzene rings is 2. The second kappa shape index (κ2) is 7.23. The molecule has 0 bridgehead atoms. The standard InChI is InChI=1S/C19H26NO2P/c1-6-20(15-11-8-7-9-12-15)16-13-10-14-17(22-5)18(16)23(21)19(2,3)4/h7-14,23H,6H2,1-5H3. The van der Waals surface area contributed by atoms with Crippen LogP contribution in [0.4, 0.5) is 11.4 Å². The van der Waals surface area contributed by atoms with E-state index in [2.05, 4.69) is 24.0 Å². The lowest BCUT2D eigenvalue weighted by Crippen LogP contribution is -2.25. The Kier molecular flexibility index (Phi) is 5.54. The van der Waals surface area contributed by atoms with Crippen LogP contribution in [0.1, 0.15) is 27.7 Å². The summed E-state index contributed by atoms with van der Waals surface area (Å²) in [5.41, 5.74) is 2.06. The third-order valence-electron chi connectivity index (χ3n) is 3.81. The number of hydrogen-bond donors (Lipinski definition) is 0. The van der Waals surface area contributed by atoms with Crippen LogP contribution in [0.2, 0.25) is 0 Å². The first kappa shape index (κ1) is 17.6. The molecule has 2 aromatic carbocycles. The van der Waals surface area contributed by atoms with Crippen LogP contribution in [0, 0.1) is 0 Å². The van der Waals surface area contributed by atoms with Gasteiger partial charge in [0.2, 0.25) is 0 Å². The largest absolute Gasteiger partial charge is 0.496 e. The molecule has 0 heterocycles. The molecule has 3 nitrogen and oxygen atoms in total. The van der Waals surface area contributed by atoms with Gasteiger partial charge >= 0.3 is 0 Å². The van der Waals surface area contributed by atoms with Crippen molar-refractivity contribution >= 4 is 24.5 Å². The maximum atomic E-state index is 13.2. The second-order valence-electron chi connectivity index (χ2n) is 6.51. The molecule has 0 N–H and O–H groups in total. The molecule has 0 aromatic heterocycles. The van der Waals surface area contributed by atoms with E-state index in [1.54, 1.807) is 7.11 Å². The normalized spacial score (nSPS) is 12.7. The van der Waals surface area contributed by atoms with Gasteiger partial charge in [-0.1, -0.05) is 45.0 Å². The van der Waals surface area contributed by atoms with Gasteiger partial charge in [0.25, 0.3) is 0 Å². The summed E-state index contributed by atoms with van der Waals surface area (Å²) in [4.78, 5) is 2.19. The van der Waals surface area contributed by atoms with E-state index in [0.717, 1.165) is 23.2 Å². The average molecular weight is 331 g/mol. The highest BCUT2D eigenvalue weighted by atomic mass is 31.1. The van der Waals surface area contributed by atoms with Crippen LogP contribution in [0.15, 0.2) is 48.5 Å². The molecule has 23 heavy (non-hydrogen) atoms. The van der Waals surface area contributed by atoms with Crippen molar-refractivity contribution in [2.45, 2.75) is 32.9 Å². The molecule has 1 unspecified atom stereocenters. The fourth-order valence-corrected chi connectivity index (χ4v) is 4.23. The number of para-hydroxylation sites is 1. The highest BCUT2D eigenvalue weighted by Crippen LogP contribution is 2.44. The fourth-order valence-electron chi connectivity index (χ4n) is 2.62. The van der Waals surface area contributed by atoms with E-state index < -0.39 is 7.80 Å². The van der Waals surface area contributed by atoms with Crippen molar-refractivity contribution in [3.63, 3.8) is 0 Å². The van der Waals surface area contributed by atoms with Gasteiger partial charge in [-0.15, -0.1) is 0 Å². The molecular formula is C19H26NO2P. The summed E-state index contributed by atoms with van der Waals surface area (Å²) in [7, 11) is -0.394. The van der Waals surface area contributed by atoms with Gasteiger partial charge < -0.3 is 14.2 Å². The Balaban J connectivity index is 2.64. The Bertz CT molecular complexity index is 678. The monoisotopic (exact) mass is 331 g/mol. The van der Waals surface area contributed by atoms with E-state index in [1.807, 2.05) is 57.2 Å². The van der Waals surface area contributed by atoms with Crippen molar-refractivity contribution in [2.24, 2.45) is 0 Å². The first-order chi connectivity index (χ1) is 10.9. The van der Waals surface area contributed by atoms with Gasteiger partial charge in [0, 0.05) is 17.4 Å². The number of ether oxygens (including phenoxy) is 1. The van der Waals surface area contributed by atoms with E-state index in [0.29, 0.717) is 5.75 Å². The predicted octanol–water partition coefficient (Wildman–Crippen LogP) is 4.84. The highest BCUT2D eigenvalue weighted by molar-refractivity contribution is 7.55. The molecule has 124 valence electrons. The number of rotatable bonds is 5. The zero-order valence-corrected chi connectivity index (χ0v) is 15.6. The molecule has 2 rings (SSSR count). The summed E-state index contributed by atoms with van der Waals surface area (Å²) in [6.45, 7) is 8.95. The molecule has 0 fully saturated rings. The highest BCUT2D eigenvalue weighted by Gasteiger charge is 2.28. The number of methoxy groups -OCH3 is 1. The minimum Gasteiger partial charge on any atom is -0.496 e. The van der Waals surface area contributed by atoms with Crippen molar-refractivity contribution in [3.8, 4) is 5.75 Å². The molecule has 2 aromatic rings. The van der Waals surface area contributed by atoms with Crippen molar-refractivity contribution in [1.82, 2.24) is 0 Å². The summed E-state index contributed by atoms with van der Waals surface area (Å²) in [6, 6.07) is 16.1. The third-order valence-corrected chi connectivity index (χ3v) is 6.13. The Hall–Kier alpha value is -1.73. The number of hydrogen-bond acceptors (Lipinski definition) is 3. The second-order valence-corrected chi connectivity index (χ2v) is 9.17. The predicted molar refractivity (Wildman–Crippen MR) is 101 cm³/mol. The van der Waals surface area contributed by atoms with Gasteiger partial charge in [0.05, 0.1) is 18.1 Å². The third kappa shape index (κ3) is 3.79. The molecule has 0 aliphatic carbocycles. The van der Waals surface area contributed by atoms with Crippen molar-refractivity contribution in [1.29, 1.82) is 0 Å². The maximum absolute atomic E-state index is 13.2. The van der Waals surface area contributed by atoms with Crippen molar-refractivity contribution in [3.05, 3.63) is 48.5 Å². The number of anilines is 2. The summed E-state index contributed by atoms with van der Waals surface area (Å²) in [5.74, 6) is 0.704. The van der Waals surface area contributed by atoms with E-state index in [4.69, 9.17) is 4.74 Å². The lowest BCUT2D eigenvalue weighted by molar-refractivity contribution is 0.417. The van der Waals surface area contributed by atoms with E-state index in [-0.39, 0.29) is 5.16 Å². The smallest absolute Gasteiger partial charge is 0.131 e. The Morgan fingerprint density at radius 3 is 2.22 bits per heavy atom. The minimum atomic E-state index is -2.03. The zero-order valence-electron chi connectivity index (χ0n) is 14.6. The topological polar surface area (TPSA) is 29.5 Å². The van der Waals surface area contributed by atoms with E-state index in [1.165, 1.54) is 0 Å². The van der Waals surface area contributed by atoms with Gasteiger partial charge in [-0.05, 0) is 31.2 Å². The lowest BCUT2D eigenvalue weighted by Gasteiger charge is -2.29. The molecular weight excluding hydrogens is 305 g/mol. The SMILES string of the molecule is CCN(c1ccccc1)c1cccc(OC)c1[PH](=O)C(C)(C)C. The molecule has 4 heteroatoms. The van der Waals surface area contributed by atoms with Crippen LogP contribution in [-0.4, -0.2) is 18.8 Å². The molecule has 0 aliphatic rings. The van der Waals surface area contributed by atoms with Gasteiger partial charge in [-0.2, -0.15) is 0 Å². The van der Waals surface area contributed by atoms with Gasteiger partial charge in [-0.3, -0.25) is 0 Å². The first-order valence-electron chi connectivity index (χ1n) is 7.94. The number of nitrogens with zero attached hydrogens (tertiary/aromatic N) is 1. The molecule has 0 saturated heterocycles. The molecule has 0 amide bonds. The summed E-state index contributed by atoms with van der Waals surface area (Å²) >= 11 is 0. The van der Waals surface area contributed by atoms with Gasteiger partial charge in [0.1, 0.15) is 13.6 Å². The Labute approximate surface area is 140 Å². The molecule has 0 spiro atoms. The quantitative estimate of drug-likeness (QED) is 0.735. The first-order valence-corrected chi connectivity index (χ1v) is 9.35.